The van der Waals surface area contributed by atoms with Gasteiger partial charge in [-0.2, -0.15) is 0 Å². The molecular weight excluding hydrogens is 202 g/mol. The van der Waals surface area contributed by atoms with Gasteiger partial charge >= 0.3 is 0 Å². The number of nitrogens with two attached hydrogens (primary N) is 1. The van der Waals surface area contributed by atoms with Crippen molar-refractivity contribution in [3.8, 4) is 0 Å². The van der Waals surface area contributed by atoms with Gasteiger partial charge in [0, 0.05) is 5.92 Å². The van der Waals surface area contributed by atoms with E-state index in [1.54, 1.807) is 0 Å². The largest absolute Gasteiger partial charge is 0.393 e. The van der Waals surface area contributed by atoms with Crippen molar-refractivity contribution in [2.75, 3.05) is 0 Å². The van der Waals surface area contributed by atoms with Crippen LogP contribution in [0.2, 0.25) is 0 Å². The van der Waals surface area contributed by atoms with Crippen molar-refractivity contribution >= 4 is 17.2 Å². The summed E-state index contributed by atoms with van der Waals surface area (Å²) in [6, 6.07) is 8.76. The van der Waals surface area contributed by atoms with Crippen molar-refractivity contribution < 1.29 is 0 Å². The predicted molar refractivity (Wildman–Crippen MR) is 70.1 cm³/mol. The lowest BCUT2D eigenvalue weighted by atomic mass is 9.99. The highest BCUT2D eigenvalue weighted by Gasteiger charge is 2.05. The molecule has 2 heteroatoms. The van der Waals surface area contributed by atoms with Crippen LogP contribution in [0, 0.1) is 5.92 Å². The second kappa shape index (κ2) is 5.86. The Kier molecular flexibility index (Phi) is 4.76. The molecule has 0 spiro atoms. The van der Waals surface area contributed by atoms with Gasteiger partial charge in [0.25, 0.3) is 0 Å². The van der Waals surface area contributed by atoms with Gasteiger partial charge in [-0.3, -0.25) is 0 Å². The van der Waals surface area contributed by atoms with Gasteiger partial charge in [-0.1, -0.05) is 56.8 Å². The van der Waals surface area contributed by atoms with Gasteiger partial charge < -0.3 is 5.73 Å². The molecular formula is C13H19NS. The Bertz CT molecular complexity index is 316. The zero-order valence-electron chi connectivity index (χ0n) is 9.49. The molecule has 0 bridgehead atoms. The van der Waals surface area contributed by atoms with Gasteiger partial charge in [-0.15, -0.1) is 0 Å². The molecule has 0 amide bonds. The summed E-state index contributed by atoms with van der Waals surface area (Å²) in [5.41, 5.74) is 8.31. The summed E-state index contributed by atoms with van der Waals surface area (Å²) >= 11 is 4.96. The van der Waals surface area contributed by atoms with E-state index in [-0.39, 0.29) is 5.92 Å². The molecule has 1 nitrogen and oxygen atoms in total. The van der Waals surface area contributed by atoms with Crippen LogP contribution >= 0.6 is 12.2 Å². The lowest BCUT2D eigenvalue weighted by Gasteiger charge is -2.09. The Morgan fingerprint density at radius 1 is 1.27 bits per heavy atom. The van der Waals surface area contributed by atoms with E-state index in [4.69, 9.17) is 18.0 Å². The van der Waals surface area contributed by atoms with Gasteiger partial charge in [0.1, 0.15) is 0 Å². The second-order valence-corrected chi connectivity index (χ2v) is 4.55. The fourth-order valence-corrected chi connectivity index (χ4v) is 1.67. The van der Waals surface area contributed by atoms with Crippen LogP contribution in [-0.2, 0) is 12.8 Å². The van der Waals surface area contributed by atoms with Crippen LogP contribution in [0.25, 0.3) is 0 Å². The molecule has 1 aromatic rings. The molecule has 0 saturated heterocycles. The molecule has 0 aliphatic heterocycles. The number of hydrogen-bond acceptors (Lipinski definition) is 1. The summed E-state index contributed by atoms with van der Waals surface area (Å²) in [4.78, 5) is 0.604. The van der Waals surface area contributed by atoms with Crippen LogP contribution in [0.4, 0.5) is 0 Å². The molecule has 0 fully saturated rings. The van der Waals surface area contributed by atoms with Crippen molar-refractivity contribution in [2.24, 2.45) is 11.7 Å². The maximum atomic E-state index is 5.59. The highest BCUT2D eigenvalue weighted by molar-refractivity contribution is 7.80. The summed E-state index contributed by atoms with van der Waals surface area (Å²) < 4.78 is 0. The highest BCUT2D eigenvalue weighted by Crippen LogP contribution is 2.11. The van der Waals surface area contributed by atoms with Crippen LogP contribution < -0.4 is 5.73 Å². The van der Waals surface area contributed by atoms with Crippen LogP contribution in [0.1, 0.15) is 31.4 Å². The van der Waals surface area contributed by atoms with E-state index in [0.717, 1.165) is 12.8 Å². The minimum Gasteiger partial charge on any atom is -0.393 e. The van der Waals surface area contributed by atoms with Crippen molar-refractivity contribution in [3.63, 3.8) is 0 Å². The first kappa shape index (κ1) is 12.2. The number of thiocarbonyl (C=S) groups is 1. The predicted octanol–water partition coefficient (Wildman–Crippen LogP) is 3.10. The number of aryl methyl sites for hydroxylation is 1. The average molecular weight is 221 g/mol. The van der Waals surface area contributed by atoms with E-state index in [2.05, 4.69) is 38.1 Å². The van der Waals surface area contributed by atoms with Crippen molar-refractivity contribution in [1.82, 2.24) is 0 Å². The minimum atomic E-state index is 0.289. The molecule has 0 radical (unpaired) electrons. The lowest BCUT2D eigenvalue weighted by molar-refractivity contribution is 0.770. The summed E-state index contributed by atoms with van der Waals surface area (Å²) in [5.74, 6) is 0.289. The maximum Gasteiger partial charge on any atom is 0.0759 e. The third kappa shape index (κ3) is 4.00. The van der Waals surface area contributed by atoms with Gasteiger partial charge in [0.15, 0.2) is 0 Å². The smallest absolute Gasteiger partial charge is 0.0759 e. The molecule has 0 saturated carbocycles. The van der Waals surface area contributed by atoms with Gasteiger partial charge in [-0.05, 0) is 24.0 Å². The molecule has 15 heavy (non-hydrogen) atoms. The van der Waals surface area contributed by atoms with Crippen molar-refractivity contribution in [1.29, 1.82) is 0 Å². The Morgan fingerprint density at radius 2 is 1.80 bits per heavy atom. The minimum absolute atomic E-state index is 0.289. The monoisotopic (exact) mass is 221 g/mol. The number of rotatable bonds is 5. The summed E-state index contributed by atoms with van der Waals surface area (Å²) in [6.07, 6.45) is 3.30. The topological polar surface area (TPSA) is 26.0 Å². The summed E-state index contributed by atoms with van der Waals surface area (Å²) in [6.45, 7) is 4.27. The molecule has 0 heterocycles. The zero-order chi connectivity index (χ0) is 11.3. The van der Waals surface area contributed by atoms with Crippen molar-refractivity contribution in [2.45, 2.75) is 33.1 Å². The lowest BCUT2D eigenvalue weighted by Crippen LogP contribution is -2.20. The maximum absolute atomic E-state index is 5.59. The molecule has 0 aliphatic rings. The molecule has 0 aromatic heterocycles. The van der Waals surface area contributed by atoms with E-state index in [9.17, 15) is 0 Å². The second-order valence-electron chi connectivity index (χ2n) is 4.07. The normalized spacial score (nSPS) is 12.4. The van der Waals surface area contributed by atoms with Gasteiger partial charge in [-0.25, -0.2) is 0 Å². The molecule has 0 aliphatic carbocycles. The molecule has 1 unspecified atom stereocenters. The molecule has 82 valence electrons. The van der Waals surface area contributed by atoms with Crippen LogP contribution in [-0.4, -0.2) is 4.99 Å². The quantitative estimate of drug-likeness (QED) is 0.773. The fraction of sp³-hybridized carbons (Fsp3) is 0.462. The van der Waals surface area contributed by atoms with E-state index < -0.39 is 0 Å². The molecule has 1 aromatic carbocycles. The van der Waals surface area contributed by atoms with Crippen LogP contribution in [0.3, 0.4) is 0 Å². The third-order valence-electron chi connectivity index (χ3n) is 2.59. The average Bonchev–Trinajstić information content (AvgIpc) is 2.21. The zero-order valence-corrected chi connectivity index (χ0v) is 10.3. The van der Waals surface area contributed by atoms with E-state index >= 15 is 0 Å². The summed E-state index contributed by atoms with van der Waals surface area (Å²) in [5, 5.41) is 0. The first-order valence-corrected chi connectivity index (χ1v) is 5.91. The highest BCUT2D eigenvalue weighted by atomic mass is 32.1. The Balaban J connectivity index is 2.60. The number of hydrogen-bond donors (Lipinski definition) is 1. The Labute approximate surface area is 97.7 Å². The third-order valence-corrected chi connectivity index (χ3v) is 2.99. The van der Waals surface area contributed by atoms with E-state index in [1.807, 2.05) is 0 Å². The Hall–Kier alpha value is -0.890. The van der Waals surface area contributed by atoms with E-state index in [1.165, 1.54) is 17.5 Å². The summed E-state index contributed by atoms with van der Waals surface area (Å²) in [7, 11) is 0. The first-order valence-electron chi connectivity index (χ1n) is 5.50. The molecule has 1 atom stereocenters. The number of benzene rings is 1. The Morgan fingerprint density at radius 3 is 2.27 bits per heavy atom. The fourth-order valence-electron chi connectivity index (χ4n) is 1.58. The van der Waals surface area contributed by atoms with Crippen LogP contribution in [0.5, 0.6) is 0 Å². The van der Waals surface area contributed by atoms with Gasteiger partial charge in [0.2, 0.25) is 0 Å². The SMILES string of the molecule is CCCc1ccc(CC(C)C(N)=S)cc1. The van der Waals surface area contributed by atoms with Crippen molar-refractivity contribution in [3.05, 3.63) is 35.4 Å². The first-order chi connectivity index (χ1) is 7.13. The molecule has 1 rings (SSSR count). The van der Waals surface area contributed by atoms with E-state index in [0.29, 0.717) is 4.99 Å². The van der Waals surface area contributed by atoms with Gasteiger partial charge in [0.05, 0.1) is 4.99 Å². The molecule has 2 N–H and O–H groups in total. The van der Waals surface area contributed by atoms with Crippen LogP contribution in [0.15, 0.2) is 24.3 Å². The standard InChI is InChI=1S/C13H19NS/c1-3-4-11-5-7-12(8-6-11)9-10(2)13(14)15/h5-8,10H,3-4,9H2,1-2H3,(H2,14,15).